The molecule has 1 saturated carbocycles. The first-order valence-corrected chi connectivity index (χ1v) is 7.00. The Balaban J connectivity index is 1.74. The van der Waals surface area contributed by atoms with E-state index in [0.29, 0.717) is 25.5 Å². The number of ether oxygens (including phenoxy) is 1. The van der Waals surface area contributed by atoms with E-state index in [-0.39, 0.29) is 6.61 Å². The minimum atomic E-state index is -0.821. The van der Waals surface area contributed by atoms with E-state index >= 15 is 0 Å². The van der Waals surface area contributed by atoms with Crippen LogP contribution in [0.25, 0.3) is 0 Å². The Labute approximate surface area is 118 Å². The number of aliphatic carboxylic acids is 1. The largest absolute Gasteiger partial charge is 0.494 e. The van der Waals surface area contributed by atoms with Crippen molar-refractivity contribution in [2.75, 3.05) is 13.2 Å². The summed E-state index contributed by atoms with van der Waals surface area (Å²) in [5.74, 6) is -0.0963. The normalized spacial score (nSPS) is 15.8. The van der Waals surface area contributed by atoms with Gasteiger partial charge in [0.25, 0.3) is 0 Å². The molecule has 20 heavy (non-hydrogen) atoms. The monoisotopic (exact) mass is 279 g/mol. The number of aliphatic hydroxyl groups excluding tert-OH is 1. The molecule has 0 heterocycles. The lowest BCUT2D eigenvalue weighted by Crippen LogP contribution is -2.39. The number of rotatable bonds is 9. The molecule has 5 nitrogen and oxygen atoms in total. The Bertz CT molecular complexity index is 428. The van der Waals surface area contributed by atoms with Gasteiger partial charge in [-0.3, -0.25) is 4.79 Å². The summed E-state index contributed by atoms with van der Waals surface area (Å²) in [6.45, 7) is 0.503. The predicted molar refractivity (Wildman–Crippen MR) is 74.9 cm³/mol. The Morgan fingerprint density at radius 3 is 2.60 bits per heavy atom. The zero-order chi connectivity index (χ0) is 14.4. The lowest BCUT2D eigenvalue weighted by molar-refractivity contribution is -0.139. The topological polar surface area (TPSA) is 78.8 Å². The van der Waals surface area contributed by atoms with Crippen molar-refractivity contribution < 1.29 is 19.7 Å². The Morgan fingerprint density at radius 2 is 2.05 bits per heavy atom. The smallest absolute Gasteiger partial charge is 0.320 e. The van der Waals surface area contributed by atoms with E-state index in [2.05, 4.69) is 5.32 Å². The summed E-state index contributed by atoms with van der Waals surface area (Å²) in [5.41, 5.74) is 1.05. The first kappa shape index (κ1) is 14.8. The number of benzene rings is 1. The molecule has 1 unspecified atom stereocenters. The number of nitrogens with one attached hydrogen (secondary N) is 1. The van der Waals surface area contributed by atoms with E-state index < -0.39 is 12.0 Å². The summed E-state index contributed by atoms with van der Waals surface area (Å²) < 4.78 is 5.56. The molecule has 3 N–H and O–H groups in total. The predicted octanol–water partition coefficient (Wildman–Crippen LogP) is 1.20. The fraction of sp³-hybridized carbons (Fsp3) is 0.533. The number of hydrogen-bond donors (Lipinski definition) is 3. The maximum absolute atomic E-state index is 11.1. The molecule has 2 rings (SSSR count). The highest BCUT2D eigenvalue weighted by atomic mass is 16.5. The van der Waals surface area contributed by atoms with Crippen LogP contribution in [0.1, 0.15) is 24.8 Å². The molecule has 1 aliphatic rings. The van der Waals surface area contributed by atoms with Gasteiger partial charge in [0.15, 0.2) is 0 Å². The number of aliphatic hydroxyl groups is 1. The Hall–Kier alpha value is -1.59. The molecule has 1 aromatic carbocycles. The van der Waals surface area contributed by atoms with Gasteiger partial charge >= 0.3 is 5.97 Å². The van der Waals surface area contributed by atoms with Crippen LogP contribution in [-0.2, 0) is 11.2 Å². The first-order chi connectivity index (χ1) is 9.69. The molecule has 1 atom stereocenters. The van der Waals surface area contributed by atoms with Gasteiger partial charge in [-0.1, -0.05) is 12.1 Å². The molecule has 0 saturated heterocycles. The van der Waals surface area contributed by atoms with Gasteiger partial charge in [0, 0.05) is 19.1 Å². The van der Waals surface area contributed by atoms with Crippen molar-refractivity contribution in [3.63, 3.8) is 0 Å². The van der Waals surface area contributed by atoms with Gasteiger partial charge in [0.2, 0.25) is 0 Å². The third-order valence-electron chi connectivity index (χ3n) is 3.31. The van der Waals surface area contributed by atoms with Gasteiger partial charge in [-0.05, 0) is 37.0 Å². The standard InChI is InChI=1S/C15H21NO4/c17-9-7-11-1-5-13(6-2-11)20-10-8-14(15(18)19)16-12-3-4-12/h1-2,5-6,12,14,16-17H,3-4,7-10H2,(H,18,19). The van der Waals surface area contributed by atoms with Crippen molar-refractivity contribution >= 4 is 5.97 Å². The maximum atomic E-state index is 11.1. The van der Waals surface area contributed by atoms with Gasteiger partial charge in [0.1, 0.15) is 11.8 Å². The van der Waals surface area contributed by atoms with Crippen molar-refractivity contribution in [3.05, 3.63) is 29.8 Å². The molecule has 1 aliphatic carbocycles. The average molecular weight is 279 g/mol. The molecule has 0 aliphatic heterocycles. The highest BCUT2D eigenvalue weighted by Crippen LogP contribution is 2.20. The third-order valence-corrected chi connectivity index (χ3v) is 3.31. The molecule has 0 aromatic heterocycles. The highest BCUT2D eigenvalue weighted by Gasteiger charge is 2.27. The number of carboxylic acids is 1. The van der Waals surface area contributed by atoms with Gasteiger partial charge in [0.05, 0.1) is 6.61 Å². The van der Waals surface area contributed by atoms with Crippen LogP contribution >= 0.6 is 0 Å². The van der Waals surface area contributed by atoms with Gasteiger partial charge < -0.3 is 20.3 Å². The fourth-order valence-corrected chi connectivity index (χ4v) is 1.99. The van der Waals surface area contributed by atoms with E-state index in [1.807, 2.05) is 24.3 Å². The van der Waals surface area contributed by atoms with Crippen LogP contribution in [0.3, 0.4) is 0 Å². The van der Waals surface area contributed by atoms with Gasteiger partial charge in [-0.25, -0.2) is 0 Å². The second-order valence-corrected chi connectivity index (χ2v) is 5.09. The maximum Gasteiger partial charge on any atom is 0.320 e. The summed E-state index contributed by atoms with van der Waals surface area (Å²) in [6.07, 6.45) is 3.21. The van der Waals surface area contributed by atoms with E-state index in [4.69, 9.17) is 14.9 Å². The molecule has 0 bridgehead atoms. The van der Waals surface area contributed by atoms with Crippen LogP contribution in [0.2, 0.25) is 0 Å². The minimum Gasteiger partial charge on any atom is -0.494 e. The molecular weight excluding hydrogens is 258 g/mol. The van der Waals surface area contributed by atoms with Crippen LogP contribution < -0.4 is 10.1 Å². The van der Waals surface area contributed by atoms with Crippen molar-refractivity contribution in [2.45, 2.75) is 37.8 Å². The summed E-state index contributed by atoms with van der Waals surface area (Å²) in [4.78, 5) is 11.1. The average Bonchev–Trinajstić information content (AvgIpc) is 3.24. The van der Waals surface area contributed by atoms with Gasteiger partial charge in [-0.15, -0.1) is 0 Å². The van der Waals surface area contributed by atoms with Crippen LogP contribution in [0.5, 0.6) is 5.75 Å². The third kappa shape index (κ3) is 4.83. The van der Waals surface area contributed by atoms with E-state index in [0.717, 1.165) is 24.2 Å². The Morgan fingerprint density at radius 1 is 1.35 bits per heavy atom. The highest BCUT2D eigenvalue weighted by molar-refractivity contribution is 5.73. The molecule has 0 radical (unpaired) electrons. The van der Waals surface area contributed by atoms with Crippen molar-refractivity contribution in [1.82, 2.24) is 5.32 Å². The van der Waals surface area contributed by atoms with Crippen LogP contribution in [0.4, 0.5) is 0 Å². The molecule has 1 aromatic rings. The summed E-state index contributed by atoms with van der Waals surface area (Å²) >= 11 is 0. The van der Waals surface area contributed by atoms with Gasteiger partial charge in [-0.2, -0.15) is 0 Å². The van der Waals surface area contributed by atoms with E-state index in [1.165, 1.54) is 0 Å². The molecule has 0 amide bonds. The number of carboxylic acid groups (broad SMARTS) is 1. The number of hydrogen-bond acceptors (Lipinski definition) is 4. The lowest BCUT2D eigenvalue weighted by Gasteiger charge is -2.14. The zero-order valence-corrected chi connectivity index (χ0v) is 11.4. The lowest BCUT2D eigenvalue weighted by atomic mass is 10.1. The molecule has 1 fully saturated rings. The molecular formula is C15H21NO4. The van der Waals surface area contributed by atoms with Crippen LogP contribution in [0.15, 0.2) is 24.3 Å². The quantitative estimate of drug-likeness (QED) is 0.633. The van der Waals surface area contributed by atoms with Crippen LogP contribution in [0, 0.1) is 0 Å². The van der Waals surface area contributed by atoms with Crippen molar-refractivity contribution in [1.29, 1.82) is 0 Å². The molecule has 5 heteroatoms. The fourth-order valence-electron chi connectivity index (χ4n) is 1.99. The summed E-state index contributed by atoms with van der Waals surface area (Å²) in [6, 6.07) is 7.33. The van der Waals surface area contributed by atoms with Crippen molar-refractivity contribution in [2.24, 2.45) is 0 Å². The molecule has 110 valence electrons. The first-order valence-electron chi connectivity index (χ1n) is 7.00. The zero-order valence-electron chi connectivity index (χ0n) is 11.4. The Kier molecular flexibility index (Phi) is 5.38. The molecule has 0 spiro atoms. The summed E-state index contributed by atoms with van der Waals surface area (Å²) in [7, 11) is 0. The summed E-state index contributed by atoms with van der Waals surface area (Å²) in [5, 5.41) is 21.0. The van der Waals surface area contributed by atoms with E-state index in [9.17, 15) is 4.79 Å². The van der Waals surface area contributed by atoms with Crippen LogP contribution in [-0.4, -0.2) is 41.5 Å². The van der Waals surface area contributed by atoms with E-state index in [1.54, 1.807) is 0 Å². The number of carbonyl (C=O) groups is 1. The second kappa shape index (κ2) is 7.26. The van der Waals surface area contributed by atoms with Crippen molar-refractivity contribution in [3.8, 4) is 5.75 Å². The SMILES string of the molecule is O=C(O)C(CCOc1ccc(CCO)cc1)NC1CC1. The minimum absolute atomic E-state index is 0.132. The second-order valence-electron chi connectivity index (χ2n) is 5.09.